The van der Waals surface area contributed by atoms with Crippen LogP contribution in [0.1, 0.15) is 37.9 Å². The van der Waals surface area contributed by atoms with Crippen molar-refractivity contribution in [2.45, 2.75) is 33.6 Å². The van der Waals surface area contributed by atoms with Gasteiger partial charge in [-0.1, -0.05) is 50.2 Å². The number of nitrogens with one attached hydrogen (secondary N) is 1. The first-order valence-corrected chi connectivity index (χ1v) is 11.6. The lowest BCUT2D eigenvalue weighted by Crippen LogP contribution is -2.36. The number of para-hydroxylation sites is 2. The minimum atomic E-state index is -0.897. The number of benzene rings is 2. The van der Waals surface area contributed by atoms with Gasteiger partial charge in [-0.15, -0.1) is 0 Å². The second-order valence-electron chi connectivity index (χ2n) is 8.58. The third kappa shape index (κ3) is 3.19. The van der Waals surface area contributed by atoms with Gasteiger partial charge < -0.3 is 4.98 Å². The zero-order valence-corrected chi connectivity index (χ0v) is 19.5. The van der Waals surface area contributed by atoms with Crippen molar-refractivity contribution >= 4 is 45.6 Å². The van der Waals surface area contributed by atoms with Crippen molar-refractivity contribution in [2.24, 2.45) is 11.0 Å². The molecule has 5 rings (SSSR count). The smallest absolute Gasteiger partial charge is 0.261 e. The number of fused-ring (bicyclic) bond motifs is 1. The van der Waals surface area contributed by atoms with E-state index in [2.05, 4.69) is 10.1 Å². The van der Waals surface area contributed by atoms with Crippen molar-refractivity contribution in [2.75, 3.05) is 11.6 Å². The maximum atomic E-state index is 13.7. The predicted octanol–water partition coefficient (Wildman–Crippen LogP) is 4.44. The highest BCUT2D eigenvalue weighted by Crippen LogP contribution is 2.41. The number of amides is 3. The molecule has 3 heterocycles. The molecule has 7 heteroatoms. The van der Waals surface area contributed by atoms with E-state index in [1.807, 2.05) is 63.2 Å². The minimum Gasteiger partial charge on any atom is -0.358 e. The molecule has 1 unspecified atom stereocenters. The van der Waals surface area contributed by atoms with Crippen molar-refractivity contribution in [1.82, 2.24) is 9.88 Å². The number of carbonyl (C=O) groups excluding carboxylic acids is 3. The summed E-state index contributed by atoms with van der Waals surface area (Å²) >= 11 is 0. The lowest BCUT2D eigenvalue weighted by Gasteiger charge is -2.17. The average molecular weight is 455 g/mol. The Morgan fingerprint density at radius 2 is 1.65 bits per heavy atom. The third-order valence-electron chi connectivity index (χ3n) is 6.46. The number of H-pyrrole nitrogens is 1. The Morgan fingerprint density at radius 3 is 2.35 bits per heavy atom. The summed E-state index contributed by atoms with van der Waals surface area (Å²) in [5.41, 5.74) is 4.10. The summed E-state index contributed by atoms with van der Waals surface area (Å²) in [6, 6.07) is 16.9. The van der Waals surface area contributed by atoms with Crippen LogP contribution in [0.4, 0.5) is 5.69 Å². The number of aromatic amines is 1. The number of aromatic nitrogens is 1. The number of rotatable bonds is 6. The summed E-state index contributed by atoms with van der Waals surface area (Å²) in [7, 11) is 0. The van der Waals surface area contributed by atoms with Crippen LogP contribution in [0.2, 0.25) is 0 Å². The number of aryl methyl sites for hydroxylation is 1. The Morgan fingerprint density at radius 1 is 0.941 bits per heavy atom. The van der Waals surface area contributed by atoms with E-state index < -0.39 is 11.8 Å². The van der Waals surface area contributed by atoms with Crippen LogP contribution in [0, 0.1) is 12.8 Å². The van der Waals surface area contributed by atoms with Crippen LogP contribution in [-0.2, 0) is 14.4 Å². The molecule has 0 fully saturated rings. The standard InChI is InChI=1S/C27H26N4O3/c1-4-15-30-25(32)23(21-16(3)28-20-14-10-9-13-18(20)21)24(26(30)33)22-19(5-2)29-31(27(22)34)17-11-7-6-8-12-17/h6-14,22,28H,4-5,15H2,1-3H3. The quantitative estimate of drug-likeness (QED) is 0.559. The summed E-state index contributed by atoms with van der Waals surface area (Å²) in [4.78, 5) is 45.7. The maximum Gasteiger partial charge on any atom is 0.261 e. The highest BCUT2D eigenvalue weighted by Gasteiger charge is 2.49. The molecule has 2 aromatic carbocycles. The van der Waals surface area contributed by atoms with Crippen LogP contribution in [0.25, 0.3) is 16.5 Å². The Balaban J connectivity index is 1.73. The predicted molar refractivity (Wildman–Crippen MR) is 132 cm³/mol. The summed E-state index contributed by atoms with van der Waals surface area (Å²) in [5, 5.41) is 6.80. The summed E-state index contributed by atoms with van der Waals surface area (Å²) in [5.74, 6) is -1.96. The Labute approximate surface area is 197 Å². The van der Waals surface area contributed by atoms with Gasteiger partial charge in [-0.05, 0) is 38.0 Å². The van der Waals surface area contributed by atoms with Gasteiger partial charge in [0.1, 0.15) is 5.92 Å². The van der Waals surface area contributed by atoms with E-state index in [1.165, 1.54) is 9.91 Å². The van der Waals surface area contributed by atoms with Crippen molar-refractivity contribution in [3.05, 3.63) is 71.4 Å². The zero-order chi connectivity index (χ0) is 24.0. The average Bonchev–Trinajstić information content (AvgIpc) is 3.43. The number of hydrogen-bond donors (Lipinski definition) is 1. The molecule has 0 aliphatic carbocycles. The van der Waals surface area contributed by atoms with Crippen LogP contribution < -0.4 is 5.01 Å². The van der Waals surface area contributed by atoms with Crippen LogP contribution in [0.3, 0.4) is 0 Å². The SMILES string of the molecule is CCCN1C(=O)C(c2c(C)[nH]c3ccccc23)=C(C2C(=O)N(c3ccccc3)N=C2CC)C1=O. The molecule has 1 N–H and O–H groups in total. The van der Waals surface area contributed by atoms with E-state index >= 15 is 0 Å². The summed E-state index contributed by atoms with van der Waals surface area (Å²) in [6.07, 6.45) is 1.12. The second kappa shape index (κ2) is 8.41. The van der Waals surface area contributed by atoms with Crippen molar-refractivity contribution in [3.63, 3.8) is 0 Å². The van der Waals surface area contributed by atoms with Crippen LogP contribution >= 0.6 is 0 Å². The molecule has 1 aromatic heterocycles. The summed E-state index contributed by atoms with van der Waals surface area (Å²) < 4.78 is 0. The molecule has 0 radical (unpaired) electrons. The van der Waals surface area contributed by atoms with Gasteiger partial charge >= 0.3 is 0 Å². The molecular formula is C27H26N4O3. The third-order valence-corrected chi connectivity index (χ3v) is 6.46. The number of imide groups is 1. The van der Waals surface area contributed by atoms with Gasteiger partial charge in [0.25, 0.3) is 17.7 Å². The Hall–Kier alpha value is -4.00. The largest absolute Gasteiger partial charge is 0.358 e. The molecular weight excluding hydrogens is 428 g/mol. The van der Waals surface area contributed by atoms with Crippen molar-refractivity contribution in [3.8, 4) is 0 Å². The molecule has 0 spiro atoms. The van der Waals surface area contributed by atoms with Crippen LogP contribution in [0.15, 0.2) is 65.3 Å². The molecule has 2 aliphatic heterocycles. The molecule has 0 saturated carbocycles. The normalized spacial score (nSPS) is 18.6. The van der Waals surface area contributed by atoms with E-state index in [1.54, 1.807) is 12.1 Å². The lowest BCUT2D eigenvalue weighted by atomic mass is 9.86. The second-order valence-corrected chi connectivity index (χ2v) is 8.58. The minimum absolute atomic E-state index is 0.232. The fraction of sp³-hybridized carbons (Fsp3) is 0.259. The van der Waals surface area contributed by atoms with Gasteiger partial charge in [0.05, 0.1) is 17.0 Å². The van der Waals surface area contributed by atoms with Gasteiger partial charge in [-0.3, -0.25) is 19.3 Å². The first-order valence-electron chi connectivity index (χ1n) is 11.6. The number of carbonyl (C=O) groups is 3. The fourth-order valence-electron chi connectivity index (χ4n) is 4.95. The highest BCUT2D eigenvalue weighted by atomic mass is 16.2. The van der Waals surface area contributed by atoms with Crippen molar-refractivity contribution < 1.29 is 14.4 Å². The van der Waals surface area contributed by atoms with Gasteiger partial charge in [-0.2, -0.15) is 10.1 Å². The number of anilines is 1. The van der Waals surface area contributed by atoms with Crippen LogP contribution in [-0.4, -0.2) is 39.9 Å². The first kappa shape index (κ1) is 21.8. The maximum absolute atomic E-state index is 13.7. The van der Waals surface area contributed by atoms with E-state index in [4.69, 9.17) is 0 Å². The number of nitrogens with zero attached hydrogens (tertiary/aromatic N) is 3. The van der Waals surface area contributed by atoms with E-state index in [0.29, 0.717) is 41.9 Å². The Bertz CT molecular complexity index is 1380. The highest BCUT2D eigenvalue weighted by molar-refractivity contribution is 6.40. The fourth-order valence-corrected chi connectivity index (χ4v) is 4.95. The zero-order valence-electron chi connectivity index (χ0n) is 19.5. The van der Waals surface area contributed by atoms with Gasteiger partial charge in [0, 0.05) is 34.3 Å². The van der Waals surface area contributed by atoms with Gasteiger partial charge in [-0.25, -0.2) is 0 Å². The monoisotopic (exact) mass is 454 g/mol. The molecule has 3 amide bonds. The molecule has 7 nitrogen and oxygen atoms in total. The molecule has 0 bridgehead atoms. The molecule has 1 atom stereocenters. The molecule has 3 aromatic rings. The first-order chi connectivity index (χ1) is 16.5. The van der Waals surface area contributed by atoms with E-state index in [9.17, 15) is 14.4 Å². The molecule has 2 aliphatic rings. The van der Waals surface area contributed by atoms with Crippen molar-refractivity contribution in [1.29, 1.82) is 0 Å². The van der Waals surface area contributed by atoms with E-state index in [-0.39, 0.29) is 17.4 Å². The molecule has 34 heavy (non-hydrogen) atoms. The Kier molecular flexibility index (Phi) is 5.40. The van der Waals surface area contributed by atoms with Gasteiger partial charge in [0.15, 0.2) is 0 Å². The number of hydrazone groups is 1. The van der Waals surface area contributed by atoms with Crippen LogP contribution in [0.5, 0.6) is 0 Å². The topological polar surface area (TPSA) is 85.8 Å². The molecule has 172 valence electrons. The molecule has 0 saturated heterocycles. The van der Waals surface area contributed by atoms with E-state index in [0.717, 1.165) is 16.6 Å². The lowest BCUT2D eigenvalue weighted by molar-refractivity contribution is -0.137. The number of hydrogen-bond acceptors (Lipinski definition) is 4. The van der Waals surface area contributed by atoms with Gasteiger partial charge in [0.2, 0.25) is 0 Å². The summed E-state index contributed by atoms with van der Waals surface area (Å²) in [6.45, 7) is 6.03.